The van der Waals surface area contributed by atoms with Crippen molar-refractivity contribution in [2.24, 2.45) is 0 Å². The van der Waals surface area contributed by atoms with Crippen molar-refractivity contribution in [1.82, 2.24) is 0 Å². The van der Waals surface area contributed by atoms with Crippen molar-refractivity contribution in [2.75, 3.05) is 37.0 Å². The molecule has 3 heterocycles. The van der Waals surface area contributed by atoms with Crippen molar-refractivity contribution in [3.05, 3.63) is 16.7 Å². The maximum Gasteiger partial charge on any atom is 0.281 e. The van der Waals surface area contributed by atoms with E-state index in [-0.39, 0.29) is 5.60 Å². The standard InChI is InChI=1S/C18H25N3O2S/c1-4-9-24-17-14(11-19)13-10-18(2,3)23-12-15(13)16(20-17)21-5-7-22-8-6-21/h4-10,12H2,1-3H3/p+1. The fourth-order valence-electron chi connectivity index (χ4n) is 3.26. The second-order valence-electron chi connectivity index (χ2n) is 6.92. The van der Waals surface area contributed by atoms with Crippen LogP contribution in [0.4, 0.5) is 5.82 Å². The lowest BCUT2D eigenvalue weighted by atomic mass is 9.89. The fourth-order valence-corrected chi connectivity index (χ4v) is 4.15. The molecule has 1 saturated heterocycles. The van der Waals surface area contributed by atoms with Crippen molar-refractivity contribution in [3.8, 4) is 6.07 Å². The first kappa shape index (κ1) is 17.5. The number of fused-ring (bicyclic) bond motifs is 1. The summed E-state index contributed by atoms with van der Waals surface area (Å²) >= 11 is 1.75. The minimum atomic E-state index is -0.227. The number of nitriles is 1. The molecule has 0 aliphatic carbocycles. The molecule has 1 aromatic rings. The number of aromatic amines is 1. The molecule has 2 aliphatic heterocycles. The number of aromatic nitrogens is 1. The van der Waals surface area contributed by atoms with Gasteiger partial charge in [-0.25, -0.2) is 4.98 Å². The van der Waals surface area contributed by atoms with Gasteiger partial charge in [0.1, 0.15) is 24.7 Å². The lowest BCUT2D eigenvalue weighted by Crippen LogP contribution is -2.43. The molecule has 24 heavy (non-hydrogen) atoms. The van der Waals surface area contributed by atoms with Gasteiger partial charge >= 0.3 is 0 Å². The quantitative estimate of drug-likeness (QED) is 0.783. The Morgan fingerprint density at radius 1 is 1.29 bits per heavy atom. The zero-order valence-electron chi connectivity index (χ0n) is 14.8. The third kappa shape index (κ3) is 3.53. The molecule has 5 nitrogen and oxygen atoms in total. The number of nitrogens with zero attached hydrogens (tertiary/aromatic N) is 2. The Morgan fingerprint density at radius 3 is 2.71 bits per heavy atom. The number of H-pyrrole nitrogens is 1. The molecule has 0 bridgehead atoms. The Kier molecular flexibility index (Phi) is 5.33. The van der Waals surface area contributed by atoms with E-state index >= 15 is 0 Å². The molecule has 3 rings (SSSR count). The molecule has 0 saturated carbocycles. The highest BCUT2D eigenvalue weighted by Gasteiger charge is 2.36. The van der Waals surface area contributed by atoms with Gasteiger partial charge in [0.2, 0.25) is 0 Å². The van der Waals surface area contributed by atoms with Crippen molar-refractivity contribution in [2.45, 2.75) is 50.8 Å². The van der Waals surface area contributed by atoms with E-state index in [4.69, 9.17) is 9.47 Å². The number of hydrogen-bond donors (Lipinski definition) is 0. The van der Waals surface area contributed by atoms with Crippen molar-refractivity contribution >= 4 is 17.6 Å². The van der Waals surface area contributed by atoms with E-state index in [2.05, 4.69) is 36.7 Å². The van der Waals surface area contributed by atoms with Gasteiger partial charge in [0.25, 0.3) is 5.82 Å². The third-order valence-corrected chi connectivity index (χ3v) is 5.72. The minimum absolute atomic E-state index is 0.227. The zero-order chi connectivity index (χ0) is 17.2. The van der Waals surface area contributed by atoms with E-state index in [1.54, 1.807) is 11.8 Å². The van der Waals surface area contributed by atoms with Crippen molar-refractivity contribution < 1.29 is 14.5 Å². The molecule has 1 N–H and O–H groups in total. The molecular formula is C18H26N3O2S+. The van der Waals surface area contributed by atoms with Crippen molar-refractivity contribution in [1.29, 1.82) is 5.26 Å². The maximum atomic E-state index is 9.79. The van der Waals surface area contributed by atoms with Gasteiger partial charge in [-0.1, -0.05) is 18.7 Å². The third-order valence-electron chi connectivity index (χ3n) is 4.51. The lowest BCUT2D eigenvalue weighted by Gasteiger charge is -2.34. The molecule has 0 radical (unpaired) electrons. The summed E-state index contributed by atoms with van der Waals surface area (Å²) < 4.78 is 11.5. The van der Waals surface area contributed by atoms with Crippen LogP contribution in [0.2, 0.25) is 0 Å². The van der Waals surface area contributed by atoms with Gasteiger partial charge in [0.15, 0.2) is 5.03 Å². The largest absolute Gasteiger partial charge is 0.373 e. The molecular weight excluding hydrogens is 322 g/mol. The number of thioether (sulfide) groups is 1. The summed E-state index contributed by atoms with van der Waals surface area (Å²) in [7, 11) is 0. The zero-order valence-corrected chi connectivity index (χ0v) is 15.6. The topological polar surface area (TPSA) is 59.6 Å². The molecule has 1 fully saturated rings. The fraction of sp³-hybridized carbons (Fsp3) is 0.667. The average Bonchev–Trinajstić information content (AvgIpc) is 2.58. The summed E-state index contributed by atoms with van der Waals surface area (Å²) in [6.07, 6.45) is 1.86. The number of ether oxygens (including phenoxy) is 2. The van der Waals surface area contributed by atoms with Gasteiger partial charge in [0, 0.05) is 12.2 Å². The van der Waals surface area contributed by atoms with E-state index in [1.807, 2.05) is 0 Å². The van der Waals surface area contributed by atoms with Gasteiger partial charge in [-0.05, 0) is 25.8 Å². The molecule has 6 heteroatoms. The molecule has 0 unspecified atom stereocenters. The smallest absolute Gasteiger partial charge is 0.281 e. The van der Waals surface area contributed by atoms with Crippen LogP contribution >= 0.6 is 11.8 Å². The van der Waals surface area contributed by atoms with Gasteiger partial charge in [-0.2, -0.15) is 5.26 Å². The van der Waals surface area contributed by atoms with Crippen LogP contribution in [0.3, 0.4) is 0 Å². The van der Waals surface area contributed by atoms with E-state index in [0.717, 1.165) is 72.4 Å². The molecule has 2 aliphatic rings. The molecule has 0 spiro atoms. The predicted octanol–water partition coefficient (Wildman–Crippen LogP) is 2.56. The van der Waals surface area contributed by atoms with Crippen LogP contribution in [-0.2, 0) is 22.5 Å². The van der Waals surface area contributed by atoms with Crippen LogP contribution < -0.4 is 9.88 Å². The molecule has 1 aromatic heterocycles. The van der Waals surface area contributed by atoms with Crippen molar-refractivity contribution in [3.63, 3.8) is 0 Å². The number of nitrogens with one attached hydrogen (secondary N) is 1. The Labute approximate surface area is 148 Å². The van der Waals surface area contributed by atoms with E-state index < -0.39 is 0 Å². The first-order valence-electron chi connectivity index (χ1n) is 8.66. The maximum absolute atomic E-state index is 9.79. The summed E-state index contributed by atoms with van der Waals surface area (Å²) in [6.45, 7) is 10.1. The highest BCUT2D eigenvalue weighted by atomic mass is 32.2. The van der Waals surface area contributed by atoms with Gasteiger partial charge in [-0.15, -0.1) is 0 Å². The normalized spacial score (nSPS) is 19.7. The number of hydrogen-bond acceptors (Lipinski definition) is 5. The Hall–Kier alpha value is -1.29. The summed E-state index contributed by atoms with van der Waals surface area (Å²) in [6, 6.07) is 2.45. The van der Waals surface area contributed by atoms with Crippen LogP contribution in [0, 0.1) is 11.3 Å². The first-order chi connectivity index (χ1) is 11.6. The second kappa shape index (κ2) is 7.30. The molecule has 0 amide bonds. The van der Waals surface area contributed by atoms with Crippen LogP contribution in [0.15, 0.2) is 5.03 Å². The van der Waals surface area contributed by atoms with Crippen LogP contribution in [0.25, 0.3) is 0 Å². The highest BCUT2D eigenvalue weighted by molar-refractivity contribution is 7.99. The van der Waals surface area contributed by atoms with E-state index in [0.29, 0.717) is 6.61 Å². The summed E-state index contributed by atoms with van der Waals surface area (Å²) in [4.78, 5) is 5.89. The van der Waals surface area contributed by atoms with E-state index in [1.165, 1.54) is 0 Å². The summed E-state index contributed by atoms with van der Waals surface area (Å²) in [5.41, 5.74) is 2.88. The molecule has 0 atom stereocenters. The average molecular weight is 348 g/mol. The van der Waals surface area contributed by atoms with Gasteiger partial charge < -0.3 is 9.47 Å². The Morgan fingerprint density at radius 2 is 2.04 bits per heavy atom. The van der Waals surface area contributed by atoms with Gasteiger partial charge in [-0.3, -0.25) is 4.90 Å². The number of anilines is 1. The summed E-state index contributed by atoms with van der Waals surface area (Å²) in [5.74, 6) is 2.12. The highest BCUT2D eigenvalue weighted by Crippen LogP contribution is 2.36. The summed E-state index contributed by atoms with van der Waals surface area (Å²) in [5, 5.41) is 10.8. The molecule has 130 valence electrons. The van der Waals surface area contributed by atoms with Crippen LogP contribution in [-0.4, -0.2) is 37.7 Å². The Balaban J connectivity index is 2.09. The first-order valence-corrected chi connectivity index (χ1v) is 9.65. The lowest BCUT2D eigenvalue weighted by molar-refractivity contribution is -0.415. The molecule has 0 aromatic carbocycles. The predicted molar refractivity (Wildman–Crippen MR) is 94.3 cm³/mol. The Bertz CT molecular complexity index is 649. The second-order valence-corrected chi connectivity index (χ2v) is 8.02. The minimum Gasteiger partial charge on any atom is -0.373 e. The van der Waals surface area contributed by atoms with Crippen LogP contribution in [0.5, 0.6) is 0 Å². The number of rotatable bonds is 4. The monoisotopic (exact) mass is 348 g/mol. The number of pyridine rings is 1. The number of morpholine rings is 1. The van der Waals surface area contributed by atoms with Gasteiger partial charge in [0.05, 0.1) is 31.0 Å². The van der Waals surface area contributed by atoms with E-state index in [9.17, 15) is 5.26 Å². The SMILES string of the molecule is CCCSc1[nH+]c(N2CCOCC2)c2c(c1C#N)CC(C)(C)OC2. The van der Waals surface area contributed by atoms with Crippen LogP contribution in [0.1, 0.15) is 43.9 Å².